The summed E-state index contributed by atoms with van der Waals surface area (Å²) in [6.45, 7) is 4.17. The number of aromatic amines is 1. The van der Waals surface area contributed by atoms with Crippen molar-refractivity contribution in [3.63, 3.8) is 0 Å². The van der Waals surface area contributed by atoms with Crippen LogP contribution in [-0.4, -0.2) is 21.9 Å². The zero-order chi connectivity index (χ0) is 14.7. The predicted molar refractivity (Wildman–Crippen MR) is 77.1 cm³/mol. The number of benzene rings is 1. The molecule has 6 heteroatoms. The molecular formula is C14H20N4O2. The van der Waals surface area contributed by atoms with Gasteiger partial charge in [0.25, 0.3) is 0 Å². The van der Waals surface area contributed by atoms with Gasteiger partial charge < -0.3 is 10.5 Å². The molecule has 0 radical (unpaired) electrons. The first-order chi connectivity index (χ1) is 9.52. The van der Waals surface area contributed by atoms with E-state index < -0.39 is 0 Å². The van der Waals surface area contributed by atoms with Gasteiger partial charge in [-0.05, 0) is 24.5 Å². The monoisotopic (exact) mass is 276 g/mol. The van der Waals surface area contributed by atoms with E-state index in [0.29, 0.717) is 23.2 Å². The lowest BCUT2D eigenvalue weighted by atomic mass is 10.0. The minimum atomic E-state index is -0.299. The molecule has 3 N–H and O–H groups in total. The number of hydrogen-bond acceptors (Lipinski definition) is 4. The third-order valence-corrected chi connectivity index (χ3v) is 3.07. The molecule has 0 fully saturated rings. The van der Waals surface area contributed by atoms with Crippen LogP contribution in [0.5, 0.6) is 5.75 Å². The summed E-state index contributed by atoms with van der Waals surface area (Å²) in [4.78, 5) is 12.0. The van der Waals surface area contributed by atoms with Gasteiger partial charge in [-0.3, -0.25) is 0 Å². The summed E-state index contributed by atoms with van der Waals surface area (Å²) in [6, 6.07) is 6.96. The van der Waals surface area contributed by atoms with E-state index >= 15 is 0 Å². The van der Waals surface area contributed by atoms with Crippen LogP contribution in [-0.2, 0) is 0 Å². The van der Waals surface area contributed by atoms with Crippen LogP contribution >= 0.6 is 0 Å². The number of aromatic nitrogens is 3. The molecule has 0 aliphatic rings. The van der Waals surface area contributed by atoms with Crippen molar-refractivity contribution in [2.45, 2.75) is 26.3 Å². The first kappa shape index (κ1) is 14.3. The number of H-pyrrole nitrogens is 1. The van der Waals surface area contributed by atoms with Gasteiger partial charge in [0.05, 0.1) is 18.8 Å². The highest BCUT2D eigenvalue weighted by atomic mass is 16.5. The standard InChI is InChI=1S/C14H20N4O2/c1-9(2)7-12(15)13-16-17-14(19)18(13)10-5-4-6-11(8-10)20-3/h4-6,8-9,12H,7,15H2,1-3H3,(H,17,19)/t12-/m0/s1. The molecule has 0 saturated carbocycles. The Hall–Kier alpha value is -2.08. The van der Waals surface area contributed by atoms with Crippen LogP contribution in [0.2, 0.25) is 0 Å². The van der Waals surface area contributed by atoms with Crippen LogP contribution in [0.4, 0.5) is 0 Å². The molecule has 1 aromatic carbocycles. The predicted octanol–water partition coefficient (Wildman–Crippen LogP) is 1.62. The summed E-state index contributed by atoms with van der Waals surface area (Å²) >= 11 is 0. The maximum Gasteiger partial charge on any atom is 0.347 e. The fraction of sp³-hybridized carbons (Fsp3) is 0.429. The number of nitrogens with one attached hydrogen (secondary N) is 1. The molecular weight excluding hydrogens is 256 g/mol. The molecule has 0 bridgehead atoms. The van der Waals surface area contributed by atoms with Crippen LogP contribution in [0, 0.1) is 5.92 Å². The van der Waals surface area contributed by atoms with E-state index in [9.17, 15) is 4.79 Å². The zero-order valence-corrected chi connectivity index (χ0v) is 12.0. The molecule has 108 valence electrons. The van der Waals surface area contributed by atoms with Crippen LogP contribution in [0.3, 0.4) is 0 Å². The van der Waals surface area contributed by atoms with Gasteiger partial charge in [0.1, 0.15) is 5.75 Å². The topological polar surface area (TPSA) is 85.9 Å². The molecule has 0 aliphatic carbocycles. The SMILES string of the molecule is COc1cccc(-n2c([C@@H](N)CC(C)C)n[nH]c2=O)c1. The normalized spacial score (nSPS) is 12.7. The highest BCUT2D eigenvalue weighted by molar-refractivity contribution is 5.40. The summed E-state index contributed by atoms with van der Waals surface area (Å²) in [5.41, 5.74) is 6.54. The van der Waals surface area contributed by atoms with Crippen molar-refractivity contribution in [2.75, 3.05) is 7.11 Å². The summed E-state index contributed by atoms with van der Waals surface area (Å²) in [6.07, 6.45) is 0.758. The maximum absolute atomic E-state index is 12.0. The average Bonchev–Trinajstić information content (AvgIpc) is 2.80. The van der Waals surface area contributed by atoms with Crippen molar-refractivity contribution in [1.82, 2.24) is 14.8 Å². The molecule has 2 aromatic rings. The Labute approximate surface area is 117 Å². The van der Waals surface area contributed by atoms with Crippen molar-refractivity contribution >= 4 is 0 Å². The van der Waals surface area contributed by atoms with Crippen LogP contribution in [0.1, 0.15) is 32.1 Å². The van der Waals surface area contributed by atoms with E-state index in [0.717, 1.165) is 6.42 Å². The average molecular weight is 276 g/mol. The lowest BCUT2D eigenvalue weighted by Gasteiger charge is -2.14. The first-order valence-corrected chi connectivity index (χ1v) is 6.60. The van der Waals surface area contributed by atoms with Gasteiger partial charge in [0.15, 0.2) is 5.82 Å². The van der Waals surface area contributed by atoms with Gasteiger partial charge in [0.2, 0.25) is 0 Å². The fourth-order valence-electron chi connectivity index (χ4n) is 2.17. The van der Waals surface area contributed by atoms with E-state index in [1.807, 2.05) is 18.2 Å². The number of methoxy groups -OCH3 is 1. The van der Waals surface area contributed by atoms with Crippen molar-refractivity contribution in [3.05, 3.63) is 40.6 Å². The van der Waals surface area contributed by atoms with Crippen molar-refractivity contribution < 1.29 is 4.74 Å². The molecule has 1 heterocycles. The van der Waals surface area contributed by atoms with Gasteiger partial charge in [-0.1, -0.05) is 19.9 Å². The number of rotatable bonds is 5. The second-order valence-corrected chi connectivity index (χ2v) is 5.16. The molecule has 0 saturated heterocycles. The molecule has 6 nitrogen and oxygen atoms in total. The van der Waals surface area contributed by atoms with E-state index in [1.54, 1.807) is 13.2 Å². The van der Waals surface area contributed by atoms with E-state index in [4.69, 9.17) is 10.5 Å². The summed E-state index contributed by atoms with van der Waals surface area (Å²) in [5.74, 6) is 1.64. The number of nitrogens with two attached hydrogens (primary N) is 1. The quantitative estimate of drug-likeness (QED) is 0.868. The van der Waals surface area contributed by atoms with Crippen molar-refractivity contribution in [2.24, 2.45) is 11.7 Å². The summed E-state index contributed by atoms with van der Waals surface area (Å²) in [5, 5.41) is 6.52. The fourth-order valence-corrected chi connectivity index (χ4v) is 2.17. The zero-order valence-electron chi connectivity index (χ0n) is 12.0. The lowest BCUT2D eigenvalue weighted by Crippen LogP contribution is -2.23. The van der Waals surface area contributed by atoms with Crippen molar-refractivity contribution in [1.29, 1.82) is 0 Å². The minimum absolute atomic E-state index is 0.292. The van der Waals surface area contributed by atoms with E-state index in [-0.39, 0.29) is 11.7 Å². The Bertz CT molecular complexity index is 630. The third-order valence-electron chi connectivity index (χ3n) is 3.07. The Morgan fingerprint density at radius 1 is 1.45 bits per heavy atom. The molecule has 0 amide bonds. The van der Waals surface area contributed by atoms with Gasteiger partial charge >= 0.3 is 5.69 Å². The maximum atomic E-state index is 12.0. The molecule has 1 aromatic heterocycles. The highest BCUT2D eigenvalue weighted by Crippen LogP contribution is 2.20. The molecule has 20 heavy (non-hydrogen) atoms. The Kier molecular flexibility index (Phi) is 4.24. The first-order valence-electron chi connectivity index (χ1n) is 6.60. The second kappa shape index (κ2) is 5.92. The van der Waals surface area contributed by atoms with Gasteiger partial charge in [-0.2, -0.15) is 5.10 Å². The summed E-state index contributed by atoms with van der Waals surface area (Å²) in [7, 11) is 1.59. The Morgan fingerprint density at radius 3 is 2.85 bits per heavy atom. The lowest BCUT2D eigenvalue weighted by molar-refractivity contribution is 0.414. The van der Waals surface area contributed by atoms with Gasteiger partial charge in [-0.15, -0.1) is 0 Å². The van der Waals surface area contributed by atoms with Gasteiger partial charge in [0, 0.05) is 6.07 Å². The smallest absolute Gasteiger partial charge is 0.347 e. The van der Waals surface area contributed by atoms with Gasteiger partial charge in [-0.25, -0.2) is 14.5 Å². The largest absolute Gasteiger partial charge is 0.497 e. The van der Waals surface area contributed by atoms with Crippen LogP contribution < -0.4 is 16.2 Å². The van der Waals surface area contributed by atoms with Crippen LogP contribution in [0.25, 0.3) is 5.69 Å². The number of ether oxygens (including phenoxy) is 1. The number of hydrogen-bond donors (Lipinski definition) is 2. The second-order valence-electron chi connectivity index (χ2n) is 5.16. The van der Waals surface area contributed by atoms with E-state index in [1.165, 1.54) is 4.57 Å². The summed E-state index contributed by atoms with van der Waals surface area (Å²) < 4.78 is 6.68. The Morgan fingerprint density at radius 2 is 2.20 bits per heavy atom. The minimum Gasteiger partial charge on any atom is -0.497 e. The third kappa shape index (κ3) is 2.91. The molecule has 0 spiro atoms. The Balaban J connectivity index is 2.45. The highest BCUT2D eigenvalue weighted by Gasteiger charge is 2.18. The van der Waals surface area contributed by atoms with Crippen LogP contribution in [0.15, 0.2) is 29.1 Å². The van der Waals surface area contributed by atoms with E-state index in [2.05, 4.69) is 24.0 Å². The van der Waals surface area contributed by atoms with Crippen molar-refractivity contribution in [3.8, 4) is 11.4 Å². The molecule has 1 atom stereocenters. The molecule has 2 rings (SSSR count). The molecule has 0 aliphatic heterocycles. The molecule has 0 unspecified atom stereocenters. The number of nitrogens with zero attached hydrogens (tertiary/aromatic N) is 2.